The van der Waals surface area contributed by atoms with Gasteiger partial charge in [0.1, 0.15) is 84.9 Å². The van der Waals surface area contributed by atoms with Gasteiger partial charge in [-0.1, -0.05) is 38.2 Å². The van der Waals surface area contributed by atoms with Crippen LogP contribution in [0.1, 0.15) is 47.5 Å². The summed E-state index contributed by atoms with van der Waals surface area (Å²) >= 11 is 0.495. The summed E-state index contributed by atoms with van der Waals surface area (Å²) in [5.74, 6) is -5.58. The van der Waals surface area contributed by atoms with E-state index in [2.05, 4.69) is 16.0 Å². The number of ether oxygens (including phenoxy) is 6. The highest BCUT2D eigenvalue weighted by atomic mass is 32.2. The van der Waals surface area contributed by atoms with Gasteiger partial charge in [0, 0.05) is 44.0 Å². The number of aliphatic hydroxyl groups excluding tert-OH is 9. The number of methoxy groups -OCH3 is 3. The molecule has 0 aromatic rings. The molecule has 1 saturated carbocycles. The maximum atomic E-state index is 14.5. The minimum atomic E-state index is -2.51. The second-order valence-corrected chi connectivity index (χ2v) is 19.5. The van der Waals surface area contributed by atoms with Gasteiger partial charge in [-0.05, 0) is 38.2 Å². The lowest BCUT2D eigenvalue weighted by atomic mass is 9.84. The fourth-order valence-corrected chi connectivity index (χ4v) is 10.3. The number of fused-ring (bicyclic) bond motifs is 2. The van der Waals surface area contributed by atoms with E-state index in [1.807, 2.05) is 0 Å². The van der Waals surface area contributed by atoms with E-state index in [9.17, 15) is 75.0 Å². The van der Waals surface area contributed by atoms with Crippen molar-refractivity contribution in [2.75, 3.05) is 33.7 Å². The number of amides is 4. The molecule has 2 aliphatic carbocycles. The number of carbonyl (C=O) groups is 5. The lowest BCUT2D eigenvalue weighted by Crippen LogP contribution is -2.70. The highest BCUT2D eigenvalue weighted by molar-refractivity contribution is 8.00. The predicted octanol–water partition coefficient (Wildman–Crippen LogP) is -4.62. The molecule has 2 heterocycles. The van der Waals surface area contributed by atoms with Crippen LogP contribution in [0.3, 0.4) is 0 Å². The number of rotatable bonds is 13. The number of hydrogen-bond acceptors (Lipinski definition) is 22. The third-order valence-electron chi connectivity index (χ3n) is 13.0. The molecule has 4 amide bonds. The summed E-state index contributed by atoms with van der Waals surface area (Å²) < 4.78 is 33.7. The minimum absolute atomic E-state index is 0.00823. The summed E-state index contributed by atoms with van der Waals surface area (Å²) in [6, 6.07) is -5.36. The average molecular weight is 1040 g/mol. The zero-order valence-electron chi connectivity index (χ0n) is 40.6. The molecule has 0 spiro atoms. The van der Waals surface area contributed by atoms with Crippen molar-refractivity contribution >= 4 is 41.4 Å². The number of nitrogens with two attached hydrogens (primary N) is 1. The van der Waals surface area contributed by atoms with E-state index >= 15 is 0 Å². The Hall–Kier alpha value is -4.10. The normalized spacial score (nSPS) is 39.2. The van der Waals surface area contributed by atoms with E-state index < -0.39 is 162 Å². The molecule has 0 aromatic carbocycles. The number of Topliss-reactive ketones (excluding diaryl/α,β-unsaturated/α-hetero) is 1. The summed E-state index contributed by atoms with van der Waals surface area (Å²) in [6.45, 7) is 6.65. The average Bonchev–Trinajstić information content (AvgIpc) is 3.51. The smallest absolute Gasteiger partial charge is 0.405 e. The molecular weight excluding hydrogens is 965 g/mol. The van der Waals surface area contributed by atoms with Crippen molar-refractivity contribution < 1.29 is 103 Å². The SMILES string of the molecule is COC1=C2CC(C)CC(OC)C(O)C(C)C=C(C)C(OC(N)=O)C(OC)C=CC=C(C)C(=O)NC(C2=O)C1(O)SCC(NC(C)=O)C(=O)NC1C(OC2C(O)C(O)C(O)C(O)C2O)OC(CO)C(O)C1O. The molecule has 4 rings (SSSR count). The van der Waals surface area contributed by atoms with E-state index in [1.54, 1.807) is 26.8 Å². The zero-order chi connectivity index (χ0) is 53.4. The third-order valence-corrected chi connectivity index (χ3v) is 14.3. The van der Waals surface area contributed by atoms with Gasteiger partial charge in [0.05, 0.1) is 25.9 Å². The fraction of sp³-hybridized carbons (Fsp3) is 0.711. The number of aliphatic hydroxyl groups is 10. The molecule has 2 bridgehead atoms. The van der Waals surface area contributed by atoms with Crippen molar-refractivity contribution in [3.8, 4) is 0 Å². The summed E-state index contributed by atoms with van der Waals surface area (Å²) in [5, 5.41) is 115. The van der Waals surface area contributed by atoms with Gasteiger partial charge < -0.3 is 101 Å². The number of nitrogens with one attached hydrogen (secondary N) is 3. The molecule has 2 fully saturated rings. The summed E-state index contributed by atoms with van der Waals surface area (Å²) in [6.07, 6.45) is -18.9. The number of primary amides is 1. The van der Waals surface area contributed by atoms with Crippen LogP contribution in [0.4, 0.5) is 4.79 Å². The number of thioether (sulfide) groups is 1. The molecule has 402 valence electrons. The van der Waals surface area contributed by atoms with Crippen LogP contribution in [0.5, 0.6) is 0 Å². The molecule has 18 unspecified atom stereocenters. The van der Waals surface area contributed by atoms with Gasteiger partial charge in [-0.2, -0.15) is 0 Å². The quantitative estimate of drug-likeness (QED) is 0.0609. The third kappa shape index (κ3) is 13.7. The maximum Gasteiger partial charge on any atom is 0.405 e. The molecular formula is C45H70N4O21S. The number of allylic oxidation sites excluding steroid dienone is 2. The molecule has 0 aromatic heterocycles. The summed E-state index contributed by atoms with van der Waals surface area (Å²) in [4.78, 5) is 64.7. The van der Waals surface area contributed by atoms with Gasteiger partial charge in [0.25, 0.3) is 0 Å². The van der Waals surface area contributed by atoms with Gasteiger partial charge in [-0.25, -0.2) is 4.79 Å². The standard InChI is InChI=1S/C45H70N4O21S/c1-17-12-22-29(53)39(49-41(61)18(2)10-9-11-24(65-6)37(70-44(46)63)20(4)14-19(3)28(52)25(13-17)66-7)45(64,40(22)67-8)71-16-23(47-21(5)51)42(62)48-27-31(55)30(54)26(15-50)68-43(27)69-38-35(59)33(57)32(56)34(58)36(38)60/h9-11,14,17,19,23-28,30-39,43,50,52,54-60,64H,12-13,15-16H2,1-8H3,(H2,46,63)(H,47,51)(H,48,62)(H,49,61). The zero-order valence-corrected chi connectivity index (χ0v) is 41.4. The minimum Gasteiger partial charge on any atom is -0.497 e. The molecule has 71 heavy (non-hydrogen) atoms. The highest BCUT2D eigenvalue weighted by Crippen LogP contribution is 2.45. The van der Waals surface area contributed by atoms with Crippen LogP contribution in [0.25, 0.3) is 0 Å². The maximum absolute atomic E-state index is 14.5. The molecule has 26 heteroatoms. The van der Waals surface area contributed by atoms with Gasteiger partial charge >= 0.3 is 6.09 Å². The van der Waals surface area contributed by atoms with Crippen molar-refractivity contribution in [2.45, 2.75) is 156 Å². The van der Waals surface area contributed by atoms with Crippen LogP contribution < -0.4 is 21.7 Å². The molecule has 2 aliphatic heterocycles. The van der Waals surface area contributed by atoms with Gasteiger partial charge in [0.15, 0.2) is 23.1 Å². The van der Waals surface area contributed by atoms with Crippen molar-refractivity contribution in [3.05, 3.63) is 46.8 Å². The Labute approximate surface area is 414 Å². The van der Waals surface area contributed by atoms with Gasteiger partial charge in [-0.3, -0.25) is 19.2 Å². The highest BCUT2D eigenvalue weighted by Gasteiger charge is 2.57. The molecule has 4 aliphatic rings. The van der Waals surface area contributed by atoms with Crippen LogP contribution in [0, 0.1) is 11.8 Å². The first-order chi connectivity index (χ1) is 33.3. The van der Waals surface area contributed by atoms with E-state index in [0.717, 1.165) is 6.92 Å². The Bertz CT molecular complexity index is 2010. The van der Waals surface area contributed by atoms with Crippen LogP contribution in [-0.2, 0) is 47.6 Å². The van der Waals surface area contributed by atoms with E-state index in [4.69, 9.17) is 34.2 Å². The predicted molar refractivity (Wildman–Crippen MR) is 247 cm³/mol. The Morgan fingerprint density at radius 3 is 2.10 bits per heavy atom. The first-order valence-corrected chi connectivity index (χ1v) is 23.7. The summed E-state index contributed by atoms with van der Waals surface area (Å²) in [5.41, 5.74) is 5.83. The lowest BCUT2D eigenvalue weighted by molar-refractivity contribution is -0.319. The first-order valence-electron chi connectivity index (χ1n) is 22.8. The van der Waals surface area contributed by atoms with Crippen LogP contribution >= 0.6 is 11.8 Å². The number of hydrogen-bond donors (Lipinski definition) is 14. The van der Waals surface area contributed by atoms with Crippen molar-refractivity contribution in [3.63, 3.8) is 0 Å². The number of ketones is 1. The number of carbonyl (C=O) groups excluding carboxylic acids is 5. The van der Waals surface area contributed by atoms with Crippen molar-refractivity contribution in [2.24, 2.45) is 17.6 Å². The van der Waals surface area contributed by atoms with E-state index in [0.29, 0.717) is 17.3 Å². The largest absolute Gasteiger partial charge is 0.497 e. The van der Waals surface area contributed by atoms with Gasteiger partial charge in [0.2, 0.25) is 17.7 Å². The molecule has 18 atom stereocenters. The molecule has 25 nitrogen and oxygen atoms in total. The molecule has 0 radical (unpaired) electrons. The molecule has 15 N–H and O–H groups in total. The second kappa shape index (κ2) is 25.7. The fourth-order valence-electron chi connectivity index (χ4n) is 8.98. The van der Waals surface area contributed by atoms with Crippen molar-refractivity contribution in [1.29, 1.82) is 0 Å². The topological polar surface area (TPSA) is 405 Å². The second-order valence-electron chi connectivity index (χ2n) is 18.2. The Morgan fingerprint density at radius 1 is 0.930 bits per heavy atom. The van der Waals surface area contributed by atoms with E-state index in [-0.39, 0.29) is 29.7 Å². The van der Waals surface area contributed by atoms with E-state index in [1.165, 1.54) is 46.5 Å². The Morgan fingerprint density at radius 2 is 1.55 bits per heavy atom. The Balaban J connectivity index is 1.74. The summed E-state index contributed by atoms with van der Waals surface area (Å²) in [7, 11) is 3.91. The van der Waals surface area contributed by atoms with Crippen molar-refractivity contribution in [1.82, 2.24) is 16.0 Å². The van der Waals surface area contributed by atoms with Crippen LogP contribution in [0.15, 0.2) is 46.8 Å². The Kier molecular flexibility index (Phi) is 21.5. The first kappa shape index (κ1) is 59.5. The lowest BCUT2D eigenvalue weighted by Gasteiger charge is -2.47. The van der Waals surface area contributed by atoms with Crippen LogP contribution in [0.2, 0.25) is 0 Å². The monoisotopic (exact) mass is 1030 g/mol. The van der Waals surface area contributed by atoms with Gasteiger partial charge in [-0.15, -0.1) is 11.8 Å². The van der Waals surface area contributed by atoms with Crippen LogP contribution in [-0.4, -0.2) is 223 Å². The molecule has 1 saturated heterocycles.